The molecule has 136 valence electrons. The largest absolute Gasteiger partial charge is 0.368 e. The molecular formula is C19H19F2N3O2. The van der Waals surface area contributed by atoms with Gasteiger partial charge < -0.3 is 15.1 Å². The van der Waals surface area contributed by atoms with Gasteiger partial charge in [-0.15, -0.1) is 0 Å². The first-order valence-corrected chi connectivity index (χ1v) is 8.35. The van der Waals surface area contributed by atoms with Crippen LogP contribution < -0.4 is 10.2 Å². The zero-order valence-corrected chi connectivity index (χ0v) is 14.1. The fraction of sp³-hybridized carbons (Fsp3) is 0.263. The van der Waals surface area contributed by atoms with Gasteiger partial charge in [0.05, 0.1) is 0 Å². The summed E-state index contributed by atoms with van der Waals surface area (Å²) < 4.78 is 25.8. The fourth-order valence-electron chi connectivity index (χ4n) is 2.85. The van der Waals surface area contributed by atoms with E-state index in [4.69, 9.17) is 0 Å². The highest BCUT2D eigenvalue weighted by Crippen LogP contribution is 2.17. The monoisotopic (exact) mass is 359 g/mol. The molecule has 0 aliphatic carbocycles. The van der Waals surface area contributed by atoms with Gasteiger partial charge in [-0.25, -0.2) is 8.78 Å². The van der Waals surface area contributed by atoms with E-state index in [9.17, 15) is 18.4 Å². The number of hydrogen-bond acceptors (Lipinski definition) is 3. The van der Waals surface area contributed by atoms with Crippen LogP contribution in [0.3, 0.4) is 0 Å². The van der Waals surface area contributed by atoms with Crippen molar-refractivity contribution < 1.29 is 18.4 Å². The molecule has 3 rings (SSSR count). The molecule has 7 heteroatoms. The van der Waals surface area contributed by atoms with Crippen molar-refractivity contribution in [3.05, 3.63) is 60.2 Å². The van der Waals surface area contributed by atoms with Crippen molar-refractivity contribution in [1.29, 1.82) is 0 Å². The van der Waals surface area contributed by atoms with Gasteiger partial charge in [0.25, 0.3) is 0 Å². The third-order valence-electron chi connectivity index (χ3n) is 4.26. The topological polar surface area (TPSA) is 52.7 Å². The third kappa shape index (κ3) is 4.56. The van der Waals surface area contributed by atoms with Gasteiger partial charge >= 0.3 is 0 Å². The van der Waals surface area contributed by atoms with E-state index in [0.717, 1.165) is 5.69 Å². The van der Waals surface area contributed by atoms with Crippen LogP contribution in [0.25, 0.3) is 0 Å². The highest BCUT2D eigenvalue weighted by Gasteiger charge is 2.23. The summed E-state index contributed by atoms with van der Waals surface area (Å²) >= 11 is 0. The number of hydrogen-bond donors (Lipinski definition) is 1. The first kappa shape index (κ1) is 17.8. The molecule has 0 spiro atoms. The Morgan fingerprint density at radius 2 is 1.38 bits per heavy atom. The van der Waals surface area contributed by atoms with Gasteiger partial charge in [0.1, 0.15) is 18.1 Å². The van der Waals surface area contributed by atoms with Crippen LogP contribution in [0, 0.1) is 11.6 Å². The number of rotatable bonds is 4. The van der Waals surface area contributed by atoms with Gasteiger partial charge in [0, 0.05) is 37.6 Å². The number of piperazine rings is 1. The van der Waals surface area contributed by atoms with Crippen LogP contribution in [0.4, 0.5) is 20.2 Å². The second-order valence-electron chi connectivity index (χ2n) is 6.08. The number of benzene rings is 2. The molecule has 0 unspecified atom stereocenters. The second-order valence-corrected chi connectivity index (χ2v) is 6.08. The zero-order chi connectivity index (χ0) is 18.5. The molecule has 0 atom stereocenters. The van der Waals surface area contributed by atoms with Crippen LogP contribution in [0.15, 0.2) is 48.5 Å². The first-order chi connectivity index (χ1) is 12.5. The highest BCUT2D eigenvalue weighted by atomic mass is 19.1. The van der Waals surface area contributed by atoms with Gasteiger partial charge in [-0.2, -0.15) is 0 Å². The Morgan fingerprint density at radius 1 is 0.846 bits per heavy atom. The number of carbonyl (C=O) groups excluding carboxylic acids is 2. The smallest absolute Gasteiger partial charge is 0.233 e. The van der Waals surface area contributed by atoms with Crippen molar-refractivity contribution in [3.63, 3.8) is 0 Å². The Hall–Kier alpha value is -2.96. The maximum absolute atomic E-state index is 13.0. The van der Waals surface area contributed by atoms with Gasteiger partial charge in [0.15, 0.2) is 0 Å². The minimum atomic E-state index is -0.428. The number of carbonyl (C=O) groups is 2. The van der Waals surface area contributed by atoms with Crippen molar-refractivity contribution in [2.24, 2.45) is 0 Å². The average Bonchev–Trinajstić information content (AvgIpc) is 2.64. The lowest BCUT2D eigenvalue weighted by atomic mass is 10.2. The summed E-state index contributed by atoms with van der Waals surface area (Å²) in [6, 6.07) is 11.6. The predicted molar refractivity (Wildman–Crippen MR) is 94.8 cm³/mol. The summed E-state index contributed by atoms with van der Waals surface area (Å²) in [7, 11) is 0. The highest BCUT2D eigenvalue weighted by molar-refractivity contribution is 6.03. The Bertz CT molecular complexity index is 770. The molecule has 1 aliphatic heterocycles. The summed E-state index contributed by atoms with van der Waals surface area (Å²) in [5.41, 5.74) is 1.36. The third-order valence-corrected chi connectivity index (χ3v) is 4.26. The number of amides is 2. The molecule has 0 radical (unpaired) electrons. The Morgan fingerprint density at radius 3 is 1.96 bits per heavy atom. The Labute approximate surface area is 150 Å². The summed E-state index contributed by atoms with van der Waals surface area (Å²) in [6.07, 6.45) is -0.256. The van der Waals surface area contributed by atoms with Crippen LogP contribution in [0.5, 0.6) is 0 Å². The predicted octanol–water partition coefficient (Wildman–Crippen LogP) is 2.64. The van der Waals surface area contributed by atoms with Crippen LogP contribution in [0.1, 0.15) is 6.42 Å². The molecule has 1 fully saturated rings. The number of anilines is 2. The van der Waals surface area contributed by atoms with Gasteiger partial charge in [-0.3, -0.25) is 9.59 Å². The van der Waals surface area contributed by atoms with E-state index in [0.29, 0.717) is 31.9 Å². The van der Waals surface area contributed by atoms with Crippen LogP contribution in [0.2, 0.25) is 0 Å². The second kappa shape index (κ2) is 7.95. The van der Waals surface area contributed by atoms with E-state index < -0.39 is 11.7 Å². The molecule has 1 saturated heterocycles. The maximum atomic E-state index is 13.0. The van der Waals surface area contributed by atoms with Crippen molar-refractivity contribution in [3.8, 4) is 0 Å². The molecule has 2 aromatic rings. The maximum Gasteiger partial charge on any atom is 0.233 e. The molecule has 0 aromatic heterocycles. The molecule has 2 aromatic carbocycles. The van der Waals surface area contributed by atoms with Crippen molar-refractivity contribution in [2.45, 2.75) is 6.42 Å². The minimum absolute atomic E-state index is 0.247. The van der Waals surface area contributed by atoms with E-state index in [-0.39, 0.29) is 18.1 Å². The van der Waals surface area contributed by atoms with E-state index in [2.05, 4.69) is 10.2 Å². The molecule has 0 bridgehead atoms. The molecule has 2 amide bonds. The summed E-state index contributed by atoms with van der Waals surface area (Å²) in [4.78, 5) is 28.0. The number of nitrogens with one attached hydrogen (secondary N) is 1. The zero-order valence-electron chi connectivity index (χ0n) is 14.1. The van der Waals surface area contributed by atoms with Crippen molar-refractivity contribution in [2.75, 3.05) is 36.4 Å². The Kier molecular flexibility index (Phi) is 5.46. The van der Waals surface area contributed by atoms with Gasteiger partial charge in [0.2, 0.25) is 11.8 Å². The molecule has 1 N–H and O–H groups in total. The molecule has 26 heavy (non-hydrogen) atoms. The Balaban J connectivity index is 1.48. The molecule has 0 saturated carbocycles. The summed E-state index contributed by atoms with van der Waals surface area (Å²) in [5, 5.41) is 2.58. The SMILES string of the molecule is O=C(CC(=O)N1CCN(c2ccc(F)cc2)CC1)Nc1ccc(F)cc1. The van der Waals surface area contributed by atoms with E-state index in [1.165, 1.54) is 36.4 Å². The van der Waals surface area contributed by atoms with Gasteiger partial charge in [-0.1, -0.05) is 0 Å². The van der Waals surface area contributed by atoms with Crippen LogP contribution >= 0.6 is 0 Å². The first-order valence-electron chi connectivity index (χ1n) is 8.35. The molecule has 1 aliphatic rings. The van der Waals surface area contributed by atoms with Crippen LogP contribution in [-0.4, -0.2) is 42.9 Å². The average molecular weight is 359 g/mol. The molecule has 5 nitrogen and oxygen atoms in total. The lowest BCUT2D eigenvalue weighted by molar-refractivity contribution is -0.134. The summed E-state index contributed by atoms with van der Waals surface area (Å²) in [5.74, 6) is -1.35. The fourth-order valence-corrected chi connectivity index (χ4v) is 2.85. The van der Waals surface area contributed by atoms with E-state index in [1.54, 1.807) is 17.0 Å². The quantitative estimate of drug-likeness (QED) is 0.854. The number of nitrogens with zero attached hydrogens (tertiary/aromatic N) is 2. The van der Waals surface area contributed by atoms with Crippen molar-refractivity contribution in [1.82, 2.24) is 4.90 Å². The van der Waals surface area contributed by atoms with Gasteiger partial charge in [-0.05, 0) is 48.5 Å². The van der Waals surface area contributed by atoms with Crippen LogP contribution in [-0.2, 0) is 9.59 Å². The number of halogens is 2. The lowest BCUT2D eigenvalue weighted by Gasteiger charge is -2.36. The van der Waals surface area contributed by atoms with E-state index >= 15 is 0 Å². The van der Waals surface area contributed by atoms with Crippen molar-refractivity contribution >= 4 is 23.2 Å². The van der Waals surface area contributed by atoms with E-state index in [1.807, 2.05) is 0 Å². The normalized spacial score (nSPS) is 14.2. The minimum Gasteiger partial charge on any atom is -0.368 e. The standard InChI is InChI=1S/C19H19F2N3O2/c20-14-1-5-16(6-2-14)22-18(25)13-19(26)24-11-9-23(10-12-24)17-7-3-15(21)4-8-17/h1-8H,9-13H2,(H,22,25). The molecule has 1 heterocycles. The lowest BCUT2D eigenvalue weighted by Crippen LogP contribution is -2.49. The summed E-state index contributed by atoms with van der Waals surface area (Å²) in [6.45, 7) is 2.24. The molecular weight excluding hydrogens is 340 g/mol.